The molecule has 1 aromatic rings. The van der Waals surface area contributed by atoms with Crippen LogP contribution in [0.5, 0.6) is 0 Å². The van der Waals surface area contributed by atoms with E-state index in [1.807, 2.05) is 11.8 Å². The van der Waals surface area contributed by atoms with Crippen molar-refractivity contribution >= 4 is 35.1 Å². The van der Waals surface area contributed by atoms with Crippen LogP contribution in [0.1, 0.15) is 19.8 Å². The summed E-state index contributed by atoms with van der Waals surface area (Å²) in [5.74, 6) is 1.61. The molecule has 0 aliphatic carbocycles. The summed E-state index contributed by atoms with van der Waals surface area (Å²) in [6, 6.07) is 5.77. The van der Waals surface area contributed by atoms with Gasteiger partial charge in [-0.1, -0.05) is 0 Å². The van der Waals surface area contributed by atoms with E-state index in [9.17, 15) is 14.0 Å². The van der Waals surface area contributed by atoms with Crippen molar-refractivity contribution in [1.82, 2.24) is 5.32 Å². The quantitative estimate of drug-likeness (QED) is 0.870. The summed E-state index contributed by atoms with van der Waals surface area (Å²) < 4.78 is 20.1. The van der Waals surface area contributed by atoms with Gasteiger partial charge in [0.1, 0.15) is 11.9 Å². The first kappa shape index (κ1) is 17.5. The van der Waals surface area contributed by atoms with E-state index in [-0.39, 0.29) is 18.3 Å². The molecular formula is C18H22FN3O3S. The highest BCUT2D eigenvalue weighted by molar-refractivity contribution is 7.99. The zero-order valence-corrected chi connectivity index (χ0v) is 15.4. The zero-order valence-electron chi connectivity index (χ0n) is 14.6. The monoisotopic (exact) mass is 379 g/mol. The summed E-state index contributed by atoms with van der Waals surface area (Å²) in [6.07, 6.45) is 1.29. The molecule has 140 valence electrons. The Morgan fingerprint density at radius 3 is 2.73 bits per heavy atom. The Morgan fingerprint density at radius 2 is 2.08 bits per heavy atom. The smallest absolute Gasteiger partial charge is 0.414 e. The van der Waals surface area contributed by atoms with Crippen LogP contribution < -0.4 is 15.1 Å². The Kier molecular flexibility index (Phi) is 4.69. The lowest BCUT2D eigenvalue weighted by Gasteiger charge is -2.36. The van der Waals surface area contributed by atoms with Gasteiger partial charge in [0.2, 0.25) is 5.91 Å². The van der Waals surface area contributed by atoms with Crippen LogP contribution in [0, 0.1) is 5.82 Å². The van der Waals surface area contributed by atoms with Crippen LogP contribution in [0.2, 0.25) is 0 Å². The number of ether oxygens (including phenoxy) is 1. The van der Waals surface area contributed by atoms with E-state index in [0.717, 1.165) is 24.3 Å². The van der Waals surface area contributed by atoms with Crippen molar-refractivity contribution in [3.63, 3.8) is 0 Å². The summed E-state index contributed by atoms with van der Waals surface area (Å²) in [4.78, 5) is 26.7. The third-order valence-corrected chi connectivity index (χ3v) is 6.46. The Labute approximate surface area is 156 Å². The van der Waals surface area contributed by atoms with Gasteiger partial charge < -0.3 is 15.0 Å². The fourth-order valence-corrected chi connectivity index (χ4v) is 5.33. The second-order valence-electron chi connectivity index (χ2n) is 7.02. The number of amides is 2. The average Bonchev–Trinajstić information content (AvgIpc) is 3.09. The molecule has 3 fully saturated rings. The fraction of sp³-hybridized carbons (Fsp3) is 0.556. The van der Waals surface area contributed by atoms with Crippen LogP contribution in [-0.4, -0.2) is 54.8 Å². The number of fused-ring (bicyclic) bond motifs is 2. The molecule has 0 saturated carbocycles. The summed E-state index contributed by atoms with van der Waals surface area (Å²) >= 11 is 1.95. The molecule has 3 saturated heterocycles. The Balaban J connectivity index is 1.49. The van der Waals surface area contributed by atoms with Crippen molar-refractivity contribution in [2.24, 2.45) is 0 Å². The molecule has 6 nitrogen and oxygen atoms in total. The van der Waals surface area contributed by atoms with Gasteiger partial charge >= 0.3 is 6.09 Å². The Bertz CT molecular complexity index is 716. The predicted octanol–water partition coefficient (Wildman–Crippen LogP) is 2.37. The van der Waals surface area contributed by atoms with Crippen LogP contribution in [0.3, 0.4) is 0 Å². The predicted molar refractivity (Wildman–Crippen MR) is 99.3 cm³/mol. The van der Waals surface area contributed by atoms with E-state index >= 15 is 0 Å². The van der Waals surface area contributed by atoms with Crippen molar-refractivity contribution in [2.45, 2.75) is 38.0 Å². The van der Waals surface area contributed by atoms with Crippen molar-refractivity contribution in [3.8, 4) is 0 Å². The molecule has 26 heavy (non-hydrogen) atoms. The maximum absolute atomic E-state index is 14.9. The van der Waals surface area contributed by atoms with Gasteiger partial charge in [-0.15, -0.1) is 0 Å². The topological polar surface area (TPSA) is 61.9 Å². The van der Waals surface area contributed by atoms with Gasteiger partial charge in [0.05, 0.1) is 24.5 Å². The number of carbonyl (C=O) groups is 2. The number of carbonyl (C=O) groups excluding carboxylic acids is 2. The van der Waals surface area contributed by atoms with Crippen molar-refractivity contribution in [3.05, 3.63) is 24.0 Å². The Hall–Kier alpha value is -1.96. The van der Waals surface area contributed by atoms with Gasteiger partial charge in [-0.2, -0.15) is 11.8 Å². The molecule has 1 unspecified atom stereocenters. The number of nitrogens with one attached hydrogen (secondary N) is 1. The largest absolute Gasteiger partial charge is 0.442 e. The van der Waals surface area contributed by atoms with Gasteiger partial charge in [0, 0.05) is 30.5 Å². The molecule has 3 aliphatic heterocycles. The zero-order chi connectivity index (χ0) is 18.3. The van der Waals surface area contributed by atoms with Crippen LogP contribution in [0.4, 0.5) is 20.6 Å². The van der Waals surface area contributed by atoms with Crippen LogP contribution in [-0.2, 0) is 9.53 Å². The molecule has 3 heterocycles. The third kappa shape index (κ3) is 3.22. The molecule has 0 aromatic heterocycles. The third-order valence-electron chi connectivity index (χ3n) is 5.21. The number of hydrogen-bond acceptors (Lipinski definition) is 5. The van der Waals surface area contributed by atoms with Gasteiger partial charge in [-0.05, 0) is 31.0 Å². The molecule has 0 spiro atoms. The molecule has 1 aromatic carbocycles. The number of nitrogens with zero attached hydrogens (tertiary/aromatic N) is 2. The summed E-state index contributed by atoms with van der Waals surface area (Å²) in [5, 5.41) is 2.63. The van der Waals surface area contributed by atoms with E-state index in [1.54, 1.807) is 12.1 Å². The Morgan fingerprint density at radius 1 is 1.35 bits per heavy atom. The highest BCUT2D eigenvalue weighted by atomic mass is 32.2. The van der Waals surface area contributed by atoms with Crippen LogP contribution in [0.15, 0.2) is 18.2 Å². The lowest BCUT2D eigenvalue weighted by Crippen LogP contribution is -2.43. The average molecular weight is 379 g/mol. The SMILES string of the molecule is CC(=O)NCC1CN(c2ccc(N3[C@@H]4CC[C@H]3CSC4)c(F)c2)C(=O)O1. The minimum absolute atomic E-state index is 0.177. The molecule has 2 bridgehead atoms. The minimum Gasteiger partial charge on any atom is -0.442 e. The van der Waals surface area contributed by atoms with E-state index in [1.165, 1.54) is 17.9 Å². The number of anilines is 2. The van der Waals surface area contributed by atoms with Crippen molar-refractivity contribution < 1.29 is 18.7 Å². The molecular weight excluding hydrogens is 357 g/mol. The molecule has 0 radical (unpaired) electrons. The maximum Gasteiger partial charge on any atom is 0.414 e. The number of thioether (sulfide) groups is 1. The molecule has 2 amide bonds. The van der Waals surface area contributed by atoms with Gasteiger partial charge in [0.25, 0.3) is 0 Å². The van der Waals surface area contributed by atoms with Gasteiger partial charge in [0.15, 0.2) is 0 Å². The summed E-state index contributed by atoms with van der Waals surface area (Å²) in [5.41, 5.74) is 1.12. The first-order valence-electron chi connectivity index (χ1n) is 8.91. The number of rotatable bonds is 4. The summed E-state index contributed by atoms with van der Waals surface area (Å²) in [6.45, 7) is 1.96. The highest BCUT2D eigenvalue weighted by Gasteiger charge is 2.38. The molecule has 8 heteroatoms. The molecule has 3 aliphatic rings. The van der Waals surface area contributed by atoms with E-state index in [2.05, 4.69) is 10.2 Å². The molecule has 3 atom stereocenters. The van der Waals surface area contributed by atoms with E-state index in [0.29, 0.717) is 30.0 Å². The lowest BCUT2D eigenvalue weighted by molar-refractivity contribution is -0.119. The lowest BCUT2D eigenvalue weighted by atomic mass is 10.2. The fourth-order valence-electron chi connectivity index (χ4n) is 3.99. The summed E-state index contributed by atoms with van der Waals surface area (Å²) in [7, 11) is 0. The number of cyclic esters (lactones) is 1. The van der Waals surface area contributed by atoms with Crippen molar-refractivity contribution in [2.75, 3.05) is 34.4 Å². The molecule has 1 N–H and O–H groups in total. The normalized spacial score (nSPS) is 27.6. The first-order chi connectivity index (χ1) is 12.5. The van der Waals surface area contributed by atoms with Crippen LogP contribution >= 0.6 is 11.8 Å². The number of halogens is 1. The second kappa shape index (κ2) is 6.98. The first-order valence-corrected chi connectivity index (χ1v) is 10.1. The standard InChI is InChI=1S/C18H22FN3O3S/c1-11(23)20-7-15-8-21(18(24)25-15)12-4-5-17(16(19)6-12)22-13-2-3-14(22)10-26-9-13/h4-6,13-15H,2-3,7-10H2,1H3,(H,20,23)/t13-,14+,15?. The number of hydrogen-bond donors (Lipinski definition) is 1. The maximum atomic E-state index is 14.9. The minimum atomic E-state index is -0.512. The second-order valence-corrected chi connectivity index (χ2v) is 8.09. The van der Waals surface area contributed by atoms with E-state index in [4.69, 9.17) is 4.74 Å². The molecule has 4 rings (SSSR count). The van der Waals surface area contributed by atoms with Gasteiger partial charge in [-0.3, -0.25) is 9.69 Å². The number of benzene rings is 1. The van der Waals surface area contributed by atoms with Crippen molar-refractivity contribution in [1.29, 1.82) is 0 Å². The van der Waals surface area contributed by atoms with Crippen LogP contribution in [0.25, 0.3) is 0 Å². The van der Waals surface area contributed by atoms with Gasteiger partial charge in [-0.25, -0.2) is 9.18 Å². The highest BCUT2D eigenvalue weighted by Crippen LogP contribution is 2.40. The van der Waals surface area contributed by atoms with E-state index < -0.39 is 12.2 Å².